The molecule has 132 valence electrons. The molecule has 1 spiro atoms. The number of likely N-dealkylation sites (tertiary alicyclic amines) is 1. The van der Waals surface area contributed by atoms with Crippen molar-refractivity contribution in [3.05, 3.63) is 21.9 Å². The first-order valence-corrected chi connectivity index (χ1v) is 9.52. The normalized spacial score (nSPS) is 21.5. The highest BCUT2D eigenvalue weighted by atomic mass is 32.1. The van der Waals surface area contributed by atoms with Crippen LogP contribution in [0.15, 0.2) is 12.1 Å². The van der Waals surface area contributed by atoms with E-state index in [-0.39, 0.29) is 11.9 Å². The average molecular weight is 350 g/mol. The van der Waals surface area contributed by atoms with Crippen LogP contribution in [0.25, 0.3) is 0 Å². The summed E-state index contributed by atoms with van der Waals surface area (Å²) in [6.45, 7) is 9.63. The van der Waals surface area contributed by atoms with Gasteiger partial charge in [-0.3, -0.25) is 14.6 Å². The van der Waals surface area contributed by atoms with Crippen molar-refractivity contribution in [3.63, 3.8) is 0 Å². The van der Waals surface area contributed by atoms with Crippen LogP contribution in [-0.2, 0) is 11.3 Å². The highest BCUT2D eigenvalue weighted by Crippen LogP contribution is 2.37. The lowest BCUT2D eigenvalue weighted by atomic mass is 9.85. The Morgan fingerprint density at radius 3 is 2.42 bits per heavy atom. The molecule has 0 saturated carbocycles. The van der Waals surface area contributed by atoms with Crippen molar-refractivity contribution in [3.8, 4) is 0 Å². The first-order chi connectivity index (χ1) is 11.3. The third kappa shape index (κ3) is 2.97. The lowest BCUT2D eigenvalue weighted by Crippen LogP contribution is -2.57. The second-order valence-electron chi connectivity index (χ2n) is 7.47. The Morgan fingerprint density at radius 2 is 1.88 bits per heavy atom. The van der Waals surface area contributed by atoms with Crippen LogP contribution in [0.5, 0.6) is 0 Å². The molecule has 0 unspecified atom stereocenters. The van der Waals surface area contributed by atoms with Gasteiger partial charge in [0.25, 0.3) is 5.91 Å². The van der Waals surface area contributed by atoms with E-state index in [0.717, 1.165) is 32.5 Å². The number of hydrogen-bond donors (Lipinski definition) is 0. The zero-order chi connectivity index (χ0) is 17.5. The highest BCUT2D eigenvalue weighted by molar-refractivity contribution is 7.11. The number of amides is 3. The SMILES string of the molecule is Cc1ccc(CN2CCC3(CC2)C(=O)N(C)C(=O)N3CC(C)C)s1. The fourth-order valence-corrected chi connectivity index (χ4v) is 4.78. The predicted molar refractivity (Wildman–Crippen MR) is 96.0 cm³/mol. The summed E-state index contributed by atoms with van der Waals surface area (Å²) in [5.74, 6) is 0.344. The van der Waals surface area contributed by atoms with Crippen LogP contribution < -0.4 is 0 Å². The van der Waals surface area contributed by atoms with Crippen LogP contribution in [0, 0.1) is 12.8 Å². The Bertz CT molecular complexity index is 632. The van der Waals surface area contributed by atoms with Gasteiger partial charge in [0.1, 0.15) is 5.54 Å². The zero-order valence-corrected chi connectivity index (χ0v) is 15.9. The molecule has 3 rings (SSSR count). The van der Waals surface area contributed by atoms with E-state index >= 15 is 0 Å². The third-order valence-electron chi connectivity index (χ3n) is 5.14. The fourth-order valence-electron chi connectivity index (χ4n) is 3.85. The standard InChI is InChI=1S/C18H27N3O2S/c1-13(2)11-21-17(23)19(4)16(22)18(21)7-9-20(10-8-18)12-15-6-5-14(3)24-15/h5-6,13H,7-12H2,1-4H3. The summed E-state index contributed by atoms with van der Waals surface area (Å²) in [4.78, 5) is 33.6. The van der Waals surface area contributed by atoms with Crippen LogP contribution in [0.4, 0.5) is 4.79 Å². The van der Waals surface area contributed by atoms with E-state index in [9.17, 15) is 9.59 Å². The summed E-state index contributed by atoms with van der Waals surface area (Å²) in [5.41, 5.74) is -0.613. The van der Waals surface area contributed by atoms with Gasteiger partial charge < -0.3 is 4.90 Å². The fraction of sp³-hybridized carbons (Fsp3) is 0.667. The molecule has 5 nitrogen and oxygen atoms in total. The summed E-state index contributed by atoms with van der Waals surface area (Å²) in [7, 11) is 1.62. The maximum Gasteiger partial charge on any atom is 0.327 e. The van der Waals surface area contributed by atoms with E-state index in [4.69, 9.17) is 0 Å². The minimum atomic E-state index is -0.613. The van der Waals surface area contributed by atoms with Crippen molar-refractivity contribution >= 4 is 23.3 Å². The van der Waals surface area contributed by atoms with E-state index in [2.05, 4.69) is 37.8 Å². The van der Waals surface area contributed by atoms with E-state index < -0.39 is 5.54 Å². The van der Waals surface area contributed by atoms with E-state index in [1.165, 1.54) is 14.7 Å². The van der Waals surface area contributed by atoms with Crippen LogP contribution in [0.1, 0.15) is 36.4 Å². The monoisotopic (exact) mass is 349 g/mol. The molecule has 2 aliphatic rings. The number of carbonyl (C=O) groups excluding carboxylic acids is 2. The van der Waals surface area contributed by atoms with Crippen molar-refractivity contribution in [1.29, 1.82) is 0 Å². The molecular formula is C18H27N3O2S. The second-order valence-corrected chi connectivity index (χ2v) is 8.84. The molecule has 2 fully saturated rings. The Kier molecular flexibility index (Phi) is 4.71. The average Bonchev–Trinajstić information content (AvgIpc) is 3.02. The molecule has 0 atom stereocenters. The minimum Gasteiger partial charge on any atom is -0.309 e. The zero-order valence-electron chi connectivity index (χ0n) is 15.0. The molecule has 0 N–H and O–H groups in total. The molecule has 0 bridgehead atoms. The Labute approximate surface area is 148 Å². The molecule has 2 saturated heterocycles. The number of aryl methyl sites for hydroxylation is 1. The van der Waals surface area contributed by atoms with Crippen molar-refractivity contribution in [2.24, 2.45) is 5.92 Å². The van der Waals surface area contributed by atoms with Gasteiger partial charge in [0.05, 0.1) is 0 Å². The number of thiophene rings is 1. The highest BCUT2D eigenvalue weighted by Gasteiger charge is 2.56. The number of rotatable bonds is 4. The maximum atomic E-state index is 12.8. The summed E-state index contributed by atoms with van der Waals surface area (Å²) < 4.78 is 0. The number of urea groups is 1. The molecule has 1 aromatic heterocycles. The molecule has 0 radical (unpaired) electrons. The molecule has 3 amide bonds. The molecule has 3 heterocycles. The quantitative estimate of drug-likeness (QED) is 0.785. The minimum absolute atomic E-state index is 0.0141. The lowest BCUT2D eigenvalue weighted by molar-refractivity contribution is -0.135. The van der Waals surface area contributed by atoms with Crippen molar-refractivity contribution in [1.82, 2.24) is 14.7 Å². The number of hydrogen-bond acceptors (Lipinski definition) is 4. The summed E-state index contributed by atoms with van der Waals surface area (Å²) in [5, 5.41) is 0. The number of piperidine rings is 1. The van der Waals surface area contributed by atoms with Crippen molar-refractivity contribution < 1.29 is 9.59 Å². The van der Waals surface area contributed by atoms with E-state index in [1.807, 2.05) is 16.2 Å². The Hall–Kier alpha value is -1.40. The Balaban J connectivity index is 1.72. The number of likely N-dealkylation sites (N-methyl/N-ethyl adjacent to an activating group) is 1. The van der Waals surface area contributed by atoms with Gasteiger partial charge in [0, 0.05) is 43.0 Å². The van der Waals surface area contributed by atoms with Gasteiger partial charge in [-0.15, -0.1) is 11.3 Å². The molecule has 0 aliphatic carbocycles. The van der Waals surface area contributed by atoms with Crippen molar-refractivity contribution in [2.45, 2.75) is 45.7 Å². The molecule has 0 aromatic carbocycles. The number of nitrogens with zero attached hydrogens (tertiary/aromatic N) is 3. The van der Waals surface area contributed by atoms with Crippen LogP contribution in [-0.4, -0.2) is 58.9 Å². The second kappa shape index (κ2) is 6.48. The summed E-state index contributed by atoms with van der Waals surface area (Å²) >= 11 is 1.83. The lowest BCUT2D eigenvalue weighted by Gasteiger charge is -2.42. The molecule has 24 heavy (non-hydrogen) atoms. The van der Waals surface area contributed by atoms with Crippen LogP contribution >= 0.6 is 11.3 Å². The largest absolute Gasteiger partial charge is 0.327 e. The summed E-state index contributed by atoms with van der Waals surface area (Å²) in [6.07, 6.45) is 1.47. The smallest absolute Gasteiger partial charge is 0.309 e. The molecule has 6 heteroatoms. The first-order valence-electron chi connectivity index (χ1n) is 8.71. The van der Waals surface area contributed by atoms with E-state index in [0.29, 0.717) is 12.5 Å². The molecule has 2 aliphatic heterocycles. The van der Waals surface area contributed by atoms with E-state index in [1.54, 1.807) is 7.05 Å². The maximum absolute atomic E-state index is 12.8. The van der Waals surface area contributed by atoms with Gasteiger partial charge in [0.15, 0.2) is 0 Å². The topological polar surface area (TPSA) is 43.9 Å². The molecule has 1 aromatic rings. The third-order valence-corrected chi connectivity index (χ3v) is 6.13. The van der Waals surface area contributed by atoms with Gasteiger partial charge >= 0.3 is 6.03 Å². The van der Waals surface area contributed by atoms with Gasteiger partial charge in [-0.1, -0.05) is 13.8 Å². The first kappa shape index (κ1) is 17.4. The Morgan fingerprint density at radius 1 is 1.21 bits per heavy atom. The number of carbonyl (C=O) groups is 2. The van der Waals surface area contributed by atoms with Gasteiger partial charge in [-0.05, 0) is 37.8 Å². The van der Waals surface area contributed by atoms with Gasteiger partial charge in [-0.25, -0.2) is 4.79 Å². The van der Waals surface area contributed by atoms with Crippen LogP contribution in [0.3, 0.4) is 0 Å². The predicted octanol–water partition coefficient (Wildman–Crippen LogP) is 2.94. The molecular weight excluding hydrogens is 322 g/mol. The van der Waals surface area contributed by atoms with Gasteiger partial charge in [0.2, 0.25) is 0 Å². The summed E-state index contributed by atoms with van der Waals surface area (Å²) in [6, 6.07) is 4.22. The number of imide groups is 1. The van der Waals surface area contributed by atoms with Crippen LogP contribution in [0.2, 0.25) is 0 Å². The van der Waals surface area contributed by atoms with Crippen molar-refractivity contribution in [2.75, 3.05) is 26.7 Å². The van der Waals surface area contributed by atoms with Gasteiger partial charge in [-0.2, -0.15) is 0 Å².